The predicted octanol–water partition coefficient (Wildman–Crippen LogP) is 7.64. The Kier molecular flexibility index (Phi) is 19.3. The molecule has 0 spiro atoms. The summed E-state index contributed by atoms with van der Waals surface area (Å²) in [7, 11) is 1.58. The Morgan fingerprint density at radius 1 is 0.947 bits per heavy atom. The lowest BCUT2D eigenvalue weighted by Gasteiger charge is -2.29. The number of fused-ring (bicyclic) bond motifs is 4. The number of anilines is 2. The van der Waals surface area contributed by atoms with Gasteiger partial charge in [0.2, 0.25) is 11.8 Å². The molecule has 11 nitrogen and oxygen atoms in total. The van der Waals surface area contributed by atoms with Crippen molar-refractivity contribution in [1.82, 2.24) is 5.32 Å². The van der Waals surface area contributed by atoms with Crippen LogP contribution in [0.2, 0.25) is 0 Å². The lowest BCUT2D eigenvalue weighted by Crippen LogP contribution is -2.43. The highest BCUT2D eigenvalue weighted by Crippen LogP contribution is 2.38. The first-order valence-electron chi connectivity index (χ1n) is 20.6. The lowest BCUT2D eigenvalue weighted by atomic mass is 9.90. The van der Waals surface area contributed by atoms with E-state index in [2.05, 4.69) is 16.0 Å². The van der Waals surface area contributed by atoms with Crippen LogP contribution in [0.3, 0.4) is 0 Å². The van der Waals surface area contributed by atoms with Crippen LogP contribution in [0, 0.1) is 5.92 Å². The molecule has 2 aliphatic heterocycles. The number of rotatable bonds is 5. The minimum Gasteiger partial charge on any atom is -0.460 e. The molecule has 312 valence electrons. The van der Waals surface area contributed by atoms with Gasteiger partial charge >= 0.3 is 5.97 Å². The van der Waals surface area contributed by atoms with E-state index in [-0.39, 0.29) is 23.7 Å². The van der Waals surface area contributed by atoms with Gasteiger partial charge < -0.3 is 35.6 Å². The van der Waals surface area contributed by atoms with E-state index in [1.54, 1.807) is 14.0 Å². The number of hydrogen-bond donors (Lipinski definition) is 5. The van der Waals surface area contributed by atoms with Gasteiger partial charge in [0.05, 0.1) is 23.6 Å². The number of aryl methyl sites for hydroxylation is 1. The van der Waals surface area contributed by atoms with Gasteiger partial charge in [-0.15, -0.1) is 11.8 Å². The number of carbonyl (C=O) groups is 4. The summed E-state index contributed by atoms with van der Waals surface area (Å²) < 4.78 is 11.5. The minimum atomic E-state index is -0.918. The van der Waals surface area contributed by atoms with Crippen molar-refractivity contribution in [2.24, 2.45) is 5.92 Å². The quantitative estimate of drug-likeness (QED) is 0.148. The molecule has 5 N–H and O–H groups in total. The van der Waals surface area contributed by atoms with Crippen molar-refractivity contribution in [3.8, 4) is 0 Å². The number of benzene rings is 1. The number of nitrogens with one attached hydrogen (secondary N) is 3. The number of hydrogen-bond acceptors (Lipinski definition) is 10. The van der Waals surface area contributed by atoms with Crippen molar-refractivity contribution >= 4 is 46.7 Å². The molecule has 2 bridgehead atoms. The van der Waals surface area contributed by atoms with Gasteiger partial charge in [0, 0.05) is 48.4 Å². The number of ketones is 1. The third-order valence-corrected chi connectivity index (χ3v) is 11.9. The van der Waals surface area contributed by atoms with Crippen molar-refractivity contribution in [2.45, 2.75) is 146 Å². The van der Waals surface area contributed by atoms with Crippen molar-refractivity contribution in [2.75, 3.05) is 23.5 Å². The van der Waals surface area contributed by atoms with Gasteiger partial charge in [-0.1, -0.05) is 68.4 Å². The summed E-state index contributed by atoms with van der Waals surface area (Å²) >= 11 is 1.49. The van der Waals surface area contributed by atoms with Crippen LogP contribution in [-0.4, -0.2) is 77.2 Å². The molecule has 6 unspecified atom stereocenters. The van der Waals surface area contributed by atoms with Gasteiger partial charge in [-0.2, -0.15) is 0 Å². The predicted molar refractivity (Wildman–Crippen MR) is 227 cm³/mol. The van der Waals surface area contributed by atoms with E-state index < -0.39 is 36.4 Å². The molecular formula is C45H63N3O8S. The third-order valence-electron chi connectivity index (χ3n) is 10.7. The largest absolute Gasteiger partial charge is 0.460 e. The van der Waals surface area contributed by atoms with Crippen LogP contribution >= 0.6 is 11.8 Å². The van der Waals surface area contributed by atoms with Gasteiger partial charge in [0.15, 0.2) is 0 Å². The molecule has 0 aromatic heterocycles. The van der Waals surface area contributed by atoms with E-state index in [0.717, 1.165) is 61.0 Å². The van der Waals surface area contributed by atoms with Gasteiger partial charge in [0.1, 0.15) is 24.2 Å². The maximum absolute atomic E-state index is 13.4. The standard InChI is InChI=1S/C45H63N3O8S/c1-30-18-17-21-34-26-35(27-38-43(34)57-29-41(51)48-38)47-40(50)25-16-9-8-13-22-36(49)28-37(55-4)23-14-6-5-7-15-24-39(31(2)42(30)52)56-45(54)32(3)46-44(53)33-19-11-10-12-20-33/h5-7,14-15,18-19,23,26-27,31-32,37,39-40,42,47,50,52H,8-13,16-17,20-22,24-25,28-29H2,1-4H3,(H,46,53)(H,48,51)/b6-5-,15-7-,23-14-,30-18-. The average Bonchev–Trinajstić information content (AvgIpc) is 3.19. The molecule has 6 atom stereocenters. The smallest absolute Gasteiger partial charge is 0.328 e. The molecule has 12 heteroatoms. The number of aliphatic hydroxyl groups is 2. The SMILES string of the molecule is COC1\C=C/C=C\C=C/CC(OC(=O)C(C)NC(=O)C2=CCCCC2)C(C)C(O)/C(C)=C\CCc2cc(cc3c2SCC(=O)N3)NC(O)CCCCCCC(=O)C1. The Hall–Kier alpha value is -3.97. The molecule has 0 saturated heterocycles. The van der Waals surface area contributed by atoms with Gasteiger partial charge in [-0.05, 0) is 94.9 Å². The summed E-state index contributed by atoms with van der Waals surface area (Å²) in [5.41, 5.74) is 3.87. The normalized spacial score (nSPS) is 28.2. The van der Waals surface area contributed by atoms with Gasteiger partial charge in [-0.3, -0.25) is 14.4 Å². The third kappa shape index (κ3) is 15.4. The second-order valence-electron chi connectivity index (χ2n) is 15.3. The zero-order valence-corrected chi connectivity index (χ0v) is 34.9. The summed E-state index contributed by atoms with van der Waals surface area (Å²) in [5, 5.41) is 31.4. The van der Waals surface area contributed by atoms with Crippen LogP contribution in [0.1, 0.15) is 110 Å². The molecule has 1 aliphatic carbocycles. The number of allylic oxidation sites excluding steroid dienone is 6. The minimum absolute atomic E-state index is 0.0756. The zero-order chi connectivity index (χ0) is 41.2. The topological polar surface area (TPSA) is 163 Å². The number of carbonyl (C=O) groups excluding carboxylic acids is 4. The Bertz CT molecular complexity index is 1680. The highest BCUT2D eigenvalue weighted by molar-refractivity contribution is 8.00. The zero-order valence-electron chi connectivity index (χ0n) is 34.1. The molecule has 1 aromatic carbocycles. The first-order chi connectivity index (χ1) is 27.4. The van der Waals surface area contributed by atoms with Crippen molar-refractivity contribution in [1.29, 1.82) is 0 Å². The maximum Gasteiger partial charge on any atom is 0.328 e. The molecule has 3 aliphatic rings. The van der Waals surface area contributed by atoms with E-state index >= 15 is 0 Å². The Balaban J connectivity index is 1.54. The molecule has 1 aromatic rings. The number of esters is 1. The van der Waals surface area contributed by atoms with Crippen LogP contribution in [0.5, 0.6) is 0 Å². The van der Waals surface area contributed by atoms with Gasteiger partial charge in [-0.25, -0.2) is 4.79 Å². The van der Waals surface area contributed by atoms with Gasteiger partial charge in [0.25, 0.3) is 0 Å². The summed E-state index contributed by atoms with van der Waals surface area (Å²) in [4.78, 5) is 52.2. The lowest BCUT2D eigenvalue weighted by molar-refractivity contribution is -0.156. The van der Waals surface area contributed by atoms with E-state index in [0.29, 0.717) is 67.6 Å². The Labute approximate surface area is 342 Å². The Morgan fingerprint density at radius 2 is 1.72 bits per heavy atom. The maximum atomic E-state index is 13.4. The van der Waals surface area contributed by atoms with Crippen LogP contribution in [0.25, 0.3) is 0 Å². The van der Waals surface area contributed by atoms with Crippen molar-refractivity contribution in [3.63, 3.8) is 0 Å². The fourth-order valence-electron chi connectivity index (χ4n) is 7.20. The van der Waals surface area contributed by atoms with E-state index in [1.165, 1.54) is 11.8 Å². The highest BCUT2D eigenvalue weighted by Gasteiger charge is 2.30. The van der Waals surface area contributed by atoms with Crippen LogP contribution in [-0.2, 0) is 35.1 Å². The molecule has 4 rings (SSSR count). The fourth-order valence-corrected chi connectivity index (χ4v) is 8.15. The van der Waals surface area contributed by atoms with Crippen LogP contribution in [0.4, 0.5) is 11.4 Å². The highest BCUT2D eigenvalue weighted by atomic mass is 32.2. The average molecular weight is 806 g/mol. The monoisotopic (exact) mass is 805 g/mol. The fraction of sp³-hybridized carbons (Fsp3) is 0.556. The molecule has 0 radical (unpaired) electrons. The van der Waals surface area contributed by atoms with Crippen LogP contribution < -0.4 is 16.0 Å². The number of ether oxygens (including phenoxy) is 2. The van der Waals surface area contributed by atoms with Crippen molar-refractivity contribution < 1.29 is 38.9 Å². The second-order valence-corrected chi connectivity index (χ2v) is 16.3. The summed E-state index contributed by atoms with van der Waals surface area (Å²) in [6.07, 6.45) is 22.1. The summed E-state index contributed by atoms with van der Waals surface area (Å²) in [6, 6.07) is 3.00. The second kappa shape index (κ2) is 24.1. The molecule has 0 saturated carbocycles. The number of amides is 2. The summed E-state index contributed by atoms with van der Waals surface area (Å²) in [6.45, 7) is 5.33. The summed E-state index contributed by atoms with van der Waals surface area (Å²) in [5.74, 6) is -0.928. The van der Waals surface area contributed by atoms with E-state index in [9.17, 15) is 29.4 Å². The number of methoxy groups -OCH3 is 1. The molecule has 0 fully saturated rings. The van der Waals surface area contributed by atoms with Crippen molar-refractivity contribution in [3.05, 3.63) is 77.5 Å². The molecule has 2 amide bonds. The number of thioether (sulfide) groups is 1. The molecule has 2 heterocycles. The Morgan fingerprint density at radius 3 is 2.49 bits per heavy atom. The molecular weight excluding hydrogens is 743 g/mol. The van der Waals surface area contributed by atoms with Crippen LogP contribution in [0.15, 0.2) is 76.8 Å². The first-order valence-corrected chi connectivity index (χ1v) is 21.6. The van der Waals surface area contributed by atoms with E-state index in [4.69, 9.17) is 9.47 Å². The first kappa shape index (κ1) is 45.7. The number of Topliss-reactive ketones (excluding diaryl/α,β-unsaturated/α-hetero) is 1. The molecule has 57 heavy (non-hydrogen) atoms. The van der Waals surface area contributed by atoms with E-state index in [1.807, 2.05) is 74.6 Å². The number of aliphatic hydroxyl groups excluding tert-OH is 2.